The van der Waals surface area contributed by atoms with Gasteiger partial charge in [-0.2, -0.15) is 0 Å². The summed E-state index contributed by atoms with van der Waals surface area (Å²) in [4.78, 5) is 4.42. The van der Waals surface area contributed by atoms with E-state index in [1.165, 1.54) is 50.1 Å². The van der Waals surface area contributed by atoms with Gasteiger partial charge < -0.3 is 5.32 Å². The maximum absolute atomic E-state index is 4.42. The molecule has 2 aliphatic rings. The third-order valence-electron chi connectivity index (χ3n) is 3.98. The van der Waals surface area contributed by atoms with Crippen molar-refractivity contribution in [2.75, 3.05) is 6.54 Å². The Morgan fingerprint density at radius 3 is 2.88 bits per heavy atom. The van der Waals surface area contributed by atoms with E-state index in [-0.39, 0.29) is 0 Å². The second-order valence-electron chi connectivity index (χ2n) is 5.26. The zero-order valence-corrected chi connectivity index (χ0v) is 10.5. The van der Waals surface area contributed by atoms with Crippen LogP contribution in [0, 0.1) is 11.8 Å². The van der Waals surface area contributed by atoms with Gasteiger partial charge in [0.1, 0.15) is 0 Å². The number of nitrogens with zero attached hydrogens (tertiary/aromatic N) is 1. The summed E-state index contributed by atoms with van der Waals surface area (Å²) in [6.07, 6.45) is 10.2. The van der Waals surface area contributed by atoms with Gasteiger partial charge in [0, 0.05) is 24.0 Å². The number of aromatic nitrogens is 1. The average Bonchev–Trinajstić information content (AvgIpc) is 2.79. The van der Waals surface area contributed by atoms with Gasteiger partial charge in [-0.1, -0.05) is 6.42 Å². The van der Waals surface area contributed by atoms with Gasteiger partial charge in [0.05, 0.1) is 5.01 Å². The molecule has 2 fully saturated rings. The average molecular weight is 236 g/mol. The van der Waals surface area contributed by atoms with Crippen molar-refractivity contribution in [1.82, 2.24) is 10.3 Å². The molecular weight excluding hydrogens is 216 g/mol. The van der Waals surface area contributed by atoms with E-state index in [9.17, 15) is 0 Å². The molecule has 3 rings (SSSR count). The van der Waals surface area contributed by atoms with Crippen molar-refractivity contribution in [3.63, 3.8) is 0 Å². The van der Waals surface area contributed by atoms with E-state index < -0.39 is 0 Å². The van der Waals surface area contributed by atoms with Gasteiger partial charge in [-0.15, -0.1) is 11.3 Å². The largest absolute Gasteiger partial charge is 0.314 e. The summed E-state index contributed by atoms with van der Waals surface area (Å²) in [5, 5.41) is 7.13. The molecular formula is C13H20N2S. The molecule has 2 saturated carbocycles. The van der Waals surface area contributed by atoms with E-state index in [0.717, 1.165) is 17.9 Å². The highest BCUT2D eigenvalue weighted by Gasteiger charge is 2.29. The molecule has 2 unspecified atom stereocenters. The lowest BCUT2D eigenvalue weighted by Crippen LogP contribution is -2.27. The molecule has 2 atom stereocenters. The molecule has 2 aliphatic carbocycles. The highest BCUT2D eigenvalue weighted by atomic mass is 32.1. The van der Waals surface area contributed by atoms with E-state index in [1.807, 2.05) is 17.5 Å². The molecule has 88 valence electrons. The predicted molar refractivity (Wildman–Crippen MR) is 67.7 cm³/mol. The zero-order chi connectivity index (χ0) is 10.8. The maximum Gasteiger partial charge on any atom is 0.0927 e. The maximum atomic E-state index is 4.42. The first-order chi connectivity index (χ1) is 7.92. The van der Waals surface area contributed by atoms with Crippen molar-refractivity contribution in [1.29, 1.82) is 0 Å². The normalized spacial score (nSPS) is 29.8. The van der Waals surface area contributed by atoms with E-state index in [1.54, 1.807) is 0 Å². The Morgan fingerprint density at radius 2 is 2.12 bits per heavy atom. The van der Waals surface area contributed by atoms with Crippen molar-refractivity contribution < 1.29 is 0 Å². The smallest absolute Gasteiger partial charge is 0.0927 e. The molecule has 0 saturated heterocycles. The summed E-state index contributed by atoms with van der Waals surface area (Å²) < 4.78 is 0. The van der Waals surface area contributed by atoms with Gasteiger partial charge in [-0.25, -0.2) is 4.98 Å². The third kappa shape index (κ3) is 2.64. The third-order valence-corrected chi connectivity index (χ3v) is 4.78. The van der Waals surface area contributed by atoms with Gasteiger partial charge in [-0.3, -0.25) is 0 Å². The summed E-state index contributed by atoms with van der Waals surface area (Å²) in [6, 6.07) is 0.862. The molecule has 3 heteroatoms. The summed E-state index contributed by atoms with van der Waals surface area (Å²) in [7, 11) is 0. The lowest BCUT2D eigenvalue weighted by molar-refractivity contribution is 0.363. The Hall–Kier alpha value is -0.410. The molecule has 16 heavy (non-hydrogen) atoms. The van der Waals surface area contributed by atoms with Crippen LogP contribution in [0.15, 0.2) is 11.6 Å². The molecule has 0 radical (unpaired) electrons. The number of rotatable bonds is 5. The number of hydrogen-bond acceptors (Lipinski definition) is 3. The van der Waals surface area contributed by atoms with Crippen molar-refractivity contribution >= 4 is 11.3 Å². The van der Waals surface area contributed by atoms with Crippen LogP contribution in [0.25, 0.3) is 0 Å². The van der Waals surface area contributed by atoms with Crippen molar-refractivity contribution in [3.8, 4) is 0 Å². The van der Waals surface area contributed by atoms with Crippen LogP contribution in [-0.2, 0) is 6.42 Å². The molecule has 1 N–H and O–H groups in total. The van der Waals surface area contributed by atoms with Crippen LogP contribution in [0.2, 0.25) is 0 Å². The fourth-order valence-corrected chi connectivity index (χ4v) is 3.55. The van der Waals surface area contributed by atoms with Gasteiger partial charge in [0.25, 0.3) is 0 Å². The molecule has 1 aromatic rings. The molecule has 2 nitrogen and oxygen atoms in total. The van der Waals surface area contributed by atoms with Gasteiger partial charge in [-0.05, 0) is 44.1 Å². The molecule has 1 heterocycles. The topological polar surface area (TPSA) is 24.9 Å². The summed E-state index contributed by atoms with van der Waals surface area (Å²) in [6.45, 7) is 1.25. The van der Waals surface area contributed by atoms with Crippen LogP contribution in [0.1, 0.15) is 37.1 Å². The fourth-order valence-electron chi connectivity index (χ4n) is 2.83. The van der Waals surface area contributed by atoms with Crippen LogP contribution in [0.4, 0.5) is 0 Å². The Labute approximate surface area is 101 Å². The lowest BCUT2D eigenvalue weighted by atomic mass is 9.93. The lowest BCUT2D eigenvalue weighted by Gasteiger charge is -2.19. The van der Waals surface area contributed by atoms with Crippen molar-refractivity contribution in [3.05, 3.63) is 16.6 Å². The van der Waals surface area contributed by atoms with E-state index >= 15 is 0 Å². The predicted octanol–water partition coefficient (Wildman–Crippen LogP) is 2.85. The van der Waals surface area contributed by atoms with E-state index in [4.69, 9.17) is 0 Å². The molecule has 0 bridgehead atoms. The first-order valence-corrected chi connectivity index (χ1v) is 7.41. The Bertz CT molecular complexity index is 319. The van der Waals surface area contributed by atoms with Crippen molar-refractivity contribution in [2.45, 2.75) is 44.6 Å². The zero-order valence-electron chi connectivity index (χ0n) is 9.69. The quantitative estimate of drug-likeness (QED) is 0.850. The molecule has 0 spiro atoms. The first kappa shape index (κ1) is 10.7. The van der Waals surface area contributed by atoms with Crippen molar-refractivity contribution in [2.24, 2.45) is 11.8 Å². The van der Waals surface area contributed by atoms with Crippen LogP contribution in [-0.4, -0.2) is 17.6 Å². The van der Waals surface area contributed by atoms with Gasteiger partial charge in [0.2, 0.25) is 0 Å². The molecule has 1 aromatic heterocycles. The van der Waals surface area contributed by atoms with Crippen LogP contribution < -0.4 is 5.32 Å². The monoisotopic (exact) mass is 236 g/mol. The van der Waals surface area contributed by atoms with Crippen LogP contribution >= 0.6 is 11.3 Å². The van der Waals surface area contributed by atoms with E-state index in [0.29, 0.717) is 0 Å². The number of nitrogens with one attached hydrogen (secondary N) is 1. The highest BCUT2D eigenvalue weighted by Crippen LogP contribution is 2.34. The second-order valence-corrected chi connectivity index (χ2v) is 6.24. The minimum atomic E-state index is 0.862. The molecule has 0 amide bonds. The minimum Gasteiger partial charge on any atom is -0.314 e. The summed E-state index contributed by atoms with van der Waals surface area (Å²) in [5.74, 6) is 1.79. The van der Waals surface area contributed by atoms with Gasteiger partial charge in [0.15, 0.2) is 0 Å². The second kappa shape index (κ2) is 4.84. The Balaban J connectivity index is 1.51. The number of hydrogen-bond donors (Lipinski definition) is 1. The standard InChI is InChI=1S/C13H20N2S/c1-2-10(8-13-14-6-7-16-13)11(3-1)9-15-12-4-5-12/h6-7,10-12,15H,1-5,8-9H2. The summed E-state index contributed by atoms with van der Waals surface area (Å²) >= 11 is 1.82. The minimum absolute atomic E-state index is 0.862. The number of thiazole rings is 1. The Kier molecular flexibility index (Phi) is 3.25. The highest BCUT2D eigenvalue weighted by molar-refractivity contribution is 7.09. The van der Waals surface area contributed by atoms with E-state index in [2.05, 4.69) is 15.7 Å². The Morgan fingerprint density at radius 1 is 1.25 bits per heavy atom. The fraction of sp³-hybridized carbons (Fsp3) is 0.769. The first-order valence-electron chi connectivity index (χ1n) is 6.53. The van der Waals surface area contributed by atoms with Crippen LogP contribution in [0.3, 0.4) is 0 Å². The summed E-state index contributed by atoms with van der Waals surface area (Å²) in [5.41, 5.74) is 0. The van der Waals surface area contributed by atoms with Gasteiger partial charge >= 0.3 is 0 Å². The SMILES string of the molecule is c1csc(CC2CCCC2CNC2CC2)n1. The van der Waals surface area contributed by atoms with Crippen LogP contribution in [0.5, 0.6) is 0 Å². The molecule has 0 aromatic carbocycles. The molecule has 0 aliphatic heterocycles.